The second kappa shape index (κ2) is 4.15. The van der Waals surface area contributed by atoms with E-state index in [9.17, 15) is 9.50 Å². The van der Waals surface area contributed by atoms with E-state index >= 15 is 0 Å². The van der Waals surface area contributed by atoms with Gasteiger partial charge in [0, 0.05) is 19.6 Å². The minimum atomic E-state index is -0.548. The summed E-state index contributed by atoms with van der Waals surface area (Å²) in [5.41, 5.74) is 0.415. The summed E-state index contributed by atoms with van der Waals surface area (Å²) in [6.07, 6.45) is 0. The molecule has 0 radical (unpaired) electrons. The fourth-order valence-corrected chi connectivity index (χ4v) is 2.10. The number of likely N-dealkylation sites (tertiary alicyclic amines) is 1. The Bertz CT molecular complexity index is 372. The largest absolute Gasteiger partial charge is 0.387 e. The molecule has 1 aromatic carbocycles. The zero-order chi connectivity index (χ0) is 11.8. The van der Waals surface area contributed by atoms with Crippen molar-refractivity contribution in [2.75, 3.05) is 13.1 Å². The Kier molecular flexibility index (Phi) is 3.00. The highest BCUT2D eigenvalue weighted by Crippen LogP contribution is 2.29. The summed E-state index contributed by atoms with van der Waals surface area (Å²) in [4.78, 5) is 2.13. The zero-order valence-electron chi connectivity index (χ0n) is 9.78. The smallest absolute Gasteiger partial charge is 0.123 e. The van der Waals surface area contributed by atoms with E-state index < -0.39 is 5.60 Å². The van der Waals surface area contributed by atoms with E-state index in [4.69, 9.17) is 0 Å². The summed E-state index contributed by atoms with van der Waals surface area (Å²) >= 11 is 0. The number of benzene rings is 1. The molecule has 1 saturated heterocycles. The molecule has 0 unspecified atom stereocenters. The number of aliphatic hydroxyl groups is 1. The monoisotopic (exact) mass is 223 g/mol. The molecule has 0 atom stereocenters. The van der Waals surface area contributed by atoms with Crippen molar-refractivity contribution in [3.63, 3.8) is 0 Å². The van der Waals surface area contributed by atoms with E-state index in [1.807, 2.05) is 19.9 Å². The standard InChI is InChI=1S/C13H18FNO/c1-10(2)13(16)8-15(9-13)7-11-4-3-5-12(14)6-11/h3-6,10,16H,7-9H2,1-2H3. The van der Waals surface area contributed by atoms with Crippen molar-refractivity contribution in [2.45, 2.75) is 26.0 Å². The van der Waals surface area contributed by atoms with Crippen LogP contribution in [0.25, 0.3) is 0 Å². The highest BCUT2D eigenvalue weighted by atomic mass is 19.1. The van der Waals surface area contributed by atoms with Crippen LogP contribution in [0.3, 0.4) is 0 Å². The van der Waals surface area contributed by atoms with Crippen LogP contribution in [0.5, 0.6) is 0 Å². The van der Waals surface area contributed by atoms with Crippen LogP contribution in [-0.4, -0.2) is 28.7 Å². The van der Waals surface area contributed by atoms with Gasteiger partial charge in [0.2, 0.25) is 0 Å². The molecule has 1 aliphatic heterocycles. The minimum absolute atomic E-state index is 0.197. The quantitative estimate of drug-likeness (QED) is 0.847. The molecule has 0 bridgehead atoms. The molecule has 0 spiro atoms. The normalized spacial score (nSPS) is 19.8. The molecule has 2 nitrogen and oxygen atoms in total. The highest BCUT2D eigenvalue weighted by Gasteiger charge is 2.43. The van der Waals surface area contributed by atoms with Crippen LogP contribution in [0.4, 0.5) is 4.39 Å². The SMILES string of the molecule is CC(C)C1(O)CN(Cc2cccc(F)c2)C1. The molecule has 1 aromatic rings. The van der Waals surface area contributed by atoms with E-state index in [1.54, 1.807) is 12.1 Å². The predicted octanol–water partition coefficient (Wildman–Crippen LogP) is 2.03. The Labute approximate surface area is 95.7 Å². The van der Waals surface area contributed by atoms with Gasteiger partial charge in [0.1, 0.15) is 5.82 Å². The van der Waals surface area contributed by atoms with Gasteiger partial charge in [-0.15, -0.1) is 0 Å². The van der Waals surface area contributed by atoms with Crippen LogP contribution in [0, 0.1) is 11.7 Å². The molecule has 1 heterocycles. The minimum Gasteiger partial charge on any atom is -0.387 e. The first-order valence-corrected chi connectivity index (χ1v) is 5.69. The van der Waals surface area contributed by atoms with Crippen molar-refractivity contribution in [1.29, 1.82) is 0 Å². The Morgan fingerprint density at radius 3 is 2.69 bits per heavy atom. The summed E-state index contributed by atoms with van der Waals surface area (Å²) in [7, 11) is 0. The molecular weight excluding hydrogens is 205 g/mol. The topological polar surface area (TPSA) is 23.5 Å². The number of rotatable bonds is 3. The summed E-state index contributed by atoms with van der Waals surface area (Å²) in [6.45, 7) is 6.13. The third-order valence-corrected chi connectivity index (χ3v) is 3.36. The van der Waals surface area contributed by atoms with Crippen LogP contribution in [0.1, 0.15) is 19.4 Å². The Morgan fingerprint density at radius 2 is 2.12 bits per heavy atom. The average Bonchev–Trinajstić information content (AvgIpc) is 2.14. The summed E-state index contributed by atoms with van der Waals surface area (Å²) in [6, 6.07) is 6.63. The fourth-order valence-electron chi connectivity index (χ4n) is 2.10. The molecule has 0 saturated carbocycles. The molecule has 1 fully saturated rings. The number of β-amino-alcohol motifs (C(OH)–C–C–N with tert-alkyl or cyclic N) is 1. The maximum Gasteiger partial charge on any atom is 0.123 e. The van der Waals surface area contributed by atoms with Crippen LogP contribution in [-0.2, 0) is 6.54 Å². The van der Waals surface area contributed by atoms with Crippen molar-refractivity contribution in [3.8, 4) is 0 Å². The van der Waals surface area contributed by atoms with Crippen molar-refractivity contribution < 1.29 is 9.50 Å². The van der Waals surface area contributed by atoms with Crippen molar-refractivity contribution in [2.24, 2.45) is 5.92 Å². The fraction of sp³-hybridized carbons (Fsp3) is 0.538. The van der Waals surface area contributed by atoms with Gasteiger partial charge in [-0.25, -0.2) is 4.39 Å². The van der Waals surface area contributed by atoms with E-state index in [1.165, 1.54) is 6.07 Å². The van der Waals surface area contributed by atoms with Gasteiger partial charge < -0.3 is 5.11 Å². The number of hydrogen-bond acceptors (Lipinski definition) is 2. The molecular formula is C13H18FNO. The molecule has 1 aliphatic rings. The Hall–Kier alpha value is -0.930. The van der Waals surface area contributed by atoms with Gasteiger partial charge >= 0.3 is 0 Å². The molecule has 0 aliphatic carbocycles. The van der Waals surface area contributed by atoms with Gasteiger partial charge in [-0.05, 0) is 23.6 Å². The van der Waals surface area contributed by atoms with Gasteiger partial charge in [-0.3, -0.25) is 4.90 Å². The lowest BCUT2D eigenvalue weighted by Gasteiger charge is -2.49. The van der Waals surface area contributed by atoms with Crippen LogP contribution >= 0.6 is 0 Å². The lowest BCUT2D eigenvalue weighted by molar-refractivity contribution is -0.130. The maximum absolute atomic E-state index is 13.0. The van der Waals surface area contributed by atoms with Crippen molar-refractivity contribution >= 4 is 0 Å². The van der Waals surface area contributed by atoms with Gasteiger partial charge in [-0.1, -0.05) is 26.0 Å². The Morgan fingerprint density at radius 1 is 1.44 bits per heavy atom. The summed E-state index contributed by atoms with van der Waals surface area (Å²) < 4.78 is 13.0. The molecule has 1 N–H and O–H groups in total. The average molecular weight is 223 g/mol. The van der Waals surface area contributed by atoms with E-state index in [0.29, 0.717) is 19.6 Å². The number of hydrogen-bond donors (Lipinski definition) is 1. The summed E-state index contributed by atoms with van der Waals surface area (Å²) in [5.74, 6) is 0.0772. The van der Waals surface area contributed by atoms with Crippen LogP contribution < -0.4 is 0 Å². The first-order chi connectivity index (χ1) is 7.49. The molecule has 88 valence electrons. The van der Waals surface area contributed by atoms with Gasteiger partial charge in [0.05, 0.1) is 5.60 Å². The summed E-state index contributed by atoms with van der Waals surface area (Å²) in [5, 5.41) is 10.1. The van der Waals surface area contributed by atoms with E-state index in [0.717, 1.165) is 5.56 Å². The molecule has 16 heavy (non-hydrogen) atoms. The second-order valence-electron chi connectivity index (χ2n) is 5.03. The third kappa shape index (κ3) is 2.25. The van der Waals surface area contributed by atoms with Crippen LogP contribution in [0.15, 0.2) is 24.3 Å². The van der Waals surface area contributed by atoms with Gasteiger partial charge in [0.25, 0.3) is 0 Å². The first-order valence-electron chi connectivity index (χ1n) is 5.69. The predicted molar refractivity (Wildman–Crippen MR) is 61.5 cm³/mol. The zero-order valence-corrected chi connectivity index (χ0v) is 9.78. The molecule has 2 rings (SSSR count). The Balaban J connectivity index is 1.90. The van der Waals surface area contributed by atoms with Crippen molar-refractivity contribution in [1.82, 2.24) is 4.90 Å². The van der Waals surface area contributed by atoms with E-state index in [2.05, 4.69) is 4.90 Å². The first kappa shape index (κ1) is 11.6. The number of nitrogens with zero attached hydrogens (tertiary/aromatic N) is 1. The highest BCUT2D eigenvalue weighted by molar-refractivity contribution is 5.17. The van der Waals surface area contributed by atoms with Crippen molar-refractivity contribution in [3.05, 3.63) is 35.6 Å². The molecule has 0 aromatic heterocycles. The second-order valence-corrected chi connectivity index (χ2v) is 5.03. The van der Waals surface area contributed by atoms with Crippen LogP contribution in [0.2, 0.25) is 0 Å². The van der Waals surface area contributed by atoms with Gasteiger partial charge in [-0.2, -0.15) is 0 Å². The number of halogens is 1. The maximum atomic E-state index is 13.0. The van der Waals surface area contributed by atoms with Gasteiger partial charge in [0.15, 0.2) is 0 Å². The molecule has 0 amide bonds. The third-order valence-electron chi connectivity index (χ3n) is 3.36. The lowest BCUT2D eigenvalue weighted by Crippen LogP contribution is -2.63. The lowest BCUT2D eigenvalue weighted by atomic mass is 9.83. The van der Waals surface area contributed by atoms with E-state index in [-0.39, 0.29) is 11.7 Å². The molecule has 3 heteroatoms.